The zero-order valence-corrected chi connectivity index (χ0v) is 8.31. The molecule has 0 heterocycles. The van der Waals surface area contributed by atoms with Gasteiger partial charge in [0, 0.05) is 18.2 Å². The van der Waals surface area contributed by atoms with Crippen LogP contribution in [0.2, 0.25) is 0 Å². The number of nitrogens with two attached hydrogens (primary N) is 1. The Kier molecular flexibility index (Phi) is 12.3. The van der Waals surface area contributed by atoms with Gasteiger partial charge in [0.15, 0.2) is 0 Å². The minimum absolute atomic E-state index is 0.532. The van der Waals surface area contributed by atoms with Crippen LogP contribution >= 0.6 is 0 Å². The molecule has 0 radical (unpaired) electrons. The molecule has 0 aliphatic carbocycles. The molecule has 4 nitrogen and oxygen atoms in total. The SMILES string of the molecule is CN.CO.O=Cc1cccc(C=O)c1. The van der Waals surface area contributed by atoms with Crippen LogP contribution < -0.4 is 5.73 Å². The molecule has 0 amide bonds. The summed E-state index contributed by atoms with van der Waals surface area (Å²) in [4.78, 5) is 20.3. The summed E-state index contributed by atoms with van der Waals surface area (Å²) in [5.74, 6) is 0. The predicted octanol–water partition coefficient (Wildman–Crippen LogP) is 0.495. The lowest BCUT2D eigenvalue weighted by molar-refractivity contribution is 0.112. The Hall–Kier alpha value is -1.52. The topological polar surface area (TPSA) is 80.4 Å². The predicted molar refractivity (Wildman–Crippen MR) is 55.5 cm³/mol. The van der Waals surface area contributed by atoms with E-state index in [9.17, 15) is 9.59 Å². The molecule has 1 aromatic rings. The average molecular weight is 197 g/mol. The maximum Gasteiger partial charge on any atom is 0.150 e. The summed E-state index contributed by atoms with van der Waals surface area (Å²) in [6, 6.07) is 6.52. The Balaban J connectivity index is 0. The number of benzene rings is 1. The molecular weight excluding hydrogens is 182 g/mol. The van der Waals surface area contributed by atoms with Crippen molar-refractivity contribution in [1.29, 1.82) is 0 Å². The van der Waals surface area contributed by atoms with Crippen molar-refractivity contribution in [2.45, 2.75) is 0 Å². The Morgan fingerprint density at radius 2 is 1.43 bits per heavy atom. The Bertz CT molecular complexity index is 238. The molecule has 0 atom stereocenters. The summed E-state index contributed by atoms with van der Waals surface area (Å²) in [6.45, 7) is 0. The summed E-state index contributed by atoms with van der Waals surface area (Å²) >= 11 is 0. The molecule has 0 saturated carbocycles. The van der Waals surface area contributed by atoms with Gasteiger partial charge < -0.3 is 10.8 Å². The fraction of sp³-hybridized carbons (Fsp3) is 0.200. The molecule has 0 aliphatic rings. The third-order valence-electron chi connectivity index (χ3n) is 1.18. The molecule has 0 unspecified atom stereocenters. The third kappa shape index (κ3) is 6.05. The van der Waals surface area contributed by atoms with E-state index in [1.54, 1.807) is 24.3 Å². The molecule has 14 heavy (non-hydrogen) atoms. The molecule has 0 spiro atoms. The molecule has 1 aromatic carbocycles. The van der Waals surface area contributed by atoms with E-state index < -0.39 is 0 Å². The molecule has 0 aliphatic heterocycles. The van der Waals surface area contributed by atoms with Crippen molar-refractivity contribution in [2.75, 3.05) is 14.2 Å². The molecule has 3 N–H and O–H groups in total. The Morgan fingerprint density at radius 3 is 1.71 bits per heavy atom. The monoisotopic (exact) mass is 197 g/mol. The molecule has 0 fully saturated rings. The molecule has 0 saturated heterocycles. The number of hydrogen-bond donors (Lipinski definition) is 2. The van der Waals surface area contributed by atoms with Gasteiger partial charge in [0.05, 0.1) is 0 Å². The van der Waals surface area contributed by atoms with Gasteiger partial charge in [-0.25, -0.2) is 0 Å². The third-order valence-corrected chi connectivity index (χ3v) is 1.18. The van der Waals surface area contributed by atoms with Gasteiger partial charge in [-0.15, -0.1) is 0 Å². The van der Waals surface area contributed by atoms with Crippen LogP contribution in [0.15, 0.2) is 24.3 Å². The summed E-state index contributed by atoms with van der Waals surface area (Å²) in [5.41, 5.74) is 5.56. The standard InChI is InChI=1S/C8H6O2.CH5N.CH4O/c9-5-7-2-1-3-8(4-7)6-10;2*1-2/h1-6H;2H2,1H3;2H,1H3. The lowest BCUT2D eigenvalue weighted by Gasteiger charge is -1.89. The summed E-state index contributed by atoms with van der Waals surface area (Å²) in [6.07, 6.45) is 1.43. The summed E-state index contributed by atoms with van der Waals surface area (Å²) in [7, 11) is 2.50. The van der Waals surface area contributed by atoms with E-state index in [1.807, 2.05) is 0 Å². The van der Waals surface area contributed by atoms with E-state index in [0.29, 0.717) is 23.7 Å². The highest BCUT2D eigenvalue weighted by Crippen LogP contribution is 1.99. The van der Waals surface area contributed by atoms with Crippen LogP contribution in [0.1, 0.15) is 20.7 Å². The first-order chi connectivity index (χ1) is 6.86. The molecule has 1 rings (SSSR count). The molecule has 4 heteroatoms. The van der Waals surface area contributed by atoms with Crippen LogP contribution in [0.25, 0.3) is 0 Å². The quantitative estimate of drug-likeness (QED) is 0.676. The van der Waals surface area contributed by atoms with E-state index in [4.69, 9.17) is 5.11 Å². The average Bonchev–Trinajstić information content (AvgIpc) is 2.34. The lowest BCUT2D eigenvalue weighted by atomic mass is 10.2. The van der Waals surface area contributed by atoms with Crippen molar-refractivity contribution in [3.63, 3.8) is 0 Å². The van der Waals surface area contributed by atoms with E-state index in [2.05, 4.69) is 5.73 Å². The van der Waals surface area contributed by atoms with Crippen LogP contribution in [0.4, 0.5) is 0 Å². The van der Waals surface area contributed by atoms with Crippen molar-refractivity contribution in [2.24, 2.45) is 5.73 Å². The lowest BCUT2D eigenvalue weighted by Crippen LogP contribution is -1.82. The minimum Gasteiger partial charge on any atom is -0.400 e. The van der Waals surface area contributed by atoms with Gasteiger partial charge in [0.1, 0.15) is 12.6 Å². The highest BCUT2D eigenvalue weighted by Gasteiger charge is 1.90. The van der Waals surface area contributed by atoms with Gasteiger partial charge in [0.25, 0.3) is 0 Å². The summed E-state index contributed by atoms with van der Waals surface area (Å²) < 4.78 is 0. The fourth-order valence-electron chi connectivity index (χ4n) is 0.706. The number of carbonyl (C=O) groups excluding carboxylic acids is 2. The largest absolute Gasteiger partial charge is 0.400 e. The second-order valence-corrected chi connectivity index (χ2v) is 1.91. The Labute approximate surface area is 83.4 Å². The molecule has 78 valence electrons. The molecular formula is C10H15NO3. The van der Waals surface area contributed by atoms with Crippen molar-refractivity contribution in [3.8, 4) is 0 Å². The number of aliphatic hydroxyl groups excluding tert-OH is 1. The van der Waals surface area contributed by atoms with E-state index in [1.165, 1.54) is 7.05 Å². The highest BCUT2D eigenvalue weighted by atomic mass is 16.2. The second-order valence-electron chi connectivity index (χ2n) is 1.91. The van der Waals surface area contributed by atoms with Crippen LogP contribution in [0.3, 0.4) is 0 Å². The van der Waals surface area contributed by atoms with E-state index in [0.717, 1.165) is 7.11 Å². The van der Waals surface area contributed by atoms with Crippen molar-refractivity contribution in [3.05, 3.63) is 35.4 Å². The van der Waals surface area contributed by atoms with Crippen LogP contribution in [-0.2, 0) is 0 Å². The van der Waals surface area contributed by atoms with Crippen LogP contribution in [0.5, 0.6) is 0 Å². The second kappa shape index (κ2) is 11.5. The van der Waals surface area contributed by atoms with Crippen LogP contribution in [-0.4, -0.2) is 31.8 Å². The zero-order valence-electron chi connectivity index (χ0n) is 8.31. The first-order valence-electron chi connectivity index (χ1n) is 3.89. The number of hydrogen-bond acceptors (Lipinski definition) is 4. The van der Waals surface area contributed by atoms with Gasteiger partial charge in [-0.3, -0.25) is 9.59 Å². The maximum atomic E-state index is 10.2. The number of aliphatic hydroxyl groups is 1. The number of rotatable bonds is 2. The molecule has 0 aromatic heterocycles. The first-order valence-corrected chi connectivity index (χ1v) is 3.89. The number of aldehydes is 2. The first kappa shape index (κ1) is 15.0. The van der Waals surface area contributed by atoms with Gasteiger partial charge >= 0.3 is 0 Å². The Morgan fingerprint density at radius 1 is 1.07 bits per heavy atom. The normalized spacial score (nSPS) is 7.14. The molecule has 0 bridgehead atoms. The fourth-order valence-corrected chi connectivity index (χ4v) is 0.706. The van der Waals surface area contributed by atoms with Crippen molar-refractivity contribution in [1.82, 2.24) is 0 Å². The number of carbonyl (C=O) groups is 2. The highest BCUT2D eigenvalue weighted by molar-refractivity contribution is 5.81. The van der Waals surface area contributed by atoms with E-state index in [-0.39, 0.29) is 0 Å². The van der Waals surface area contributed by atoms with Gasteiger partial charge in [-0.1, -0.05) is 18.2 Å². The minimum atomic E-state index is 0.532. The van der Waals surface area contributed by atoms with Crippen molar-refractivity contribution < 1.29 is 14.7 Å². The smallest absolute Gasteiger partial charge is 0.150 e. The zero-order chi connectivity index (χ0) is 11.4. The van der Waals surface area contributed by atoms with E-state index >= 15 is 0 Å². The summed E-state index contributed by atoms with van der Waals surface area (Å²) in [5, 5.41) is 7.00. The van der Waals surface area contributed by atoms with Gasteiger partial charge in [-0.2, -0.15) is 0 Å². The van der Waals surface area contributed by atoms with Gasteiger partial charge in [0.2, 0.25) is 0 Å². The van der Waals surface area contributed by atoms with Crippen molar-refractivity contribution >= 4 is 12.6 Å². The maximum absolute atomic E-state index is 10.2. The van der Waals surface area contributed by atoms with Crippen LogP contribution in [0, 0.1) is 0 Å². The van der Waals surface area contributed by atoms with Gasteiger partial charge in [-0.05, 0) is 13.1 Å².